The second kappa shape index (κ2) is 9.99. The molecule has 0 spiro atoms. The molecule has 7 nitrogen and oxygen atoms in total. The lowest BCUT2D eigenvalue weighted by Gasteiger charge is -2.23. The second-order valence-corrected chi connectivity index (χ2v) is 12.2. The molecule has 0 amide bonds. The number of H-pyrrole nitrogens is 2. The normalized spacial score (nSPS) is 12.9. The molecule has 2 aromatic heterocycles. The Labute approximate surface area is 243 Å². The molecule has 7 aromatic rings. The van der Waals surface area contributed by atoms with Crippen molar-refractivity contribution in [1.29, 1.82) is 0 Å². The molecule has 202 valence electrons. The van der Waals surface area contributed by atoms with Crippen molar-refractivity contribution >= 4 is 72.9 Å². The van der Waals surface area contributed by atoms with E-state index in [1.165, 1.54) is 11.1 Å². The van der Waals surface area contributed by atoms with Gasteiger partial charge in [-0.15, -0.1) is 0 Å². The number of rotatable bonds is 6. The molecule has 2 unspecified atom stereocenters. The fourth-order valence-electron chi connectivity index (χ4n) is 5.82. The Kier molecular flexibility index (Phi) is 5.96. The topological polar surface area (TPSA) is 101 Å². The minimum Gasteiger partial charge on any atom is -0.488 e. The molecule has 2 atom stereocenters. The Bertz CT molecular complexity index is 2220. The number of ether oxygens (including phenoxy) is 1. The highest BCUT2D eigenvalue weighted by molar-refractivity contribution is 7.62. The molecule has 42 heavy (non-hydrogen) atoms. The van der Waals surface area contributed by atoms with E-state index in [0.717, 1.165) is 78.3 Å². The fourth-order valence-corrected chi connectivity index (χ4v) is 6.78. The number of aromatic amines is 2. The average Bonchev–Trinajstić information content (AvgIpc) is 3.66. The number of aromatic nitrogens is 4. The summed E-state index contributed by atoms with van der Waals surface area (Å²) in [6.07, 6.45) is 1.78. The molecule has 0 radical (unpaired) electrons. The van der Waals surface area contributed by atoms with E-state index in [9.17, 15) is 9.59 Å². The maximum atomic E-state index is 10.9. The van der Waals surface area contributed by atoms with Crippen molar-refractivity contribution in [2.24, 2.45) is 0 Å². The lowest BCUT2D eigenvalue weighted by molar-refractivity contribution is 0.304. The van der Waals surface area contributed by atoms with Gasteiger partial charge in [-0.1, -0.05) is 42.5 Å². The Morgan fingerprint density at radius 3 is 2.40 bits per heavy atom. The maximum Gasteiger partial charge on any atom is 0.146 e. The van der Waals surface area contributed by atoms with Gasteiger partial charge >= 0.3 is 0 Å². The minimum absolute atomic E-state index is 0.0243. The van der Waals surface area contributed by atoms with Crippen LogP contribution in [0.4, 0.5) is 0 Å². The van der Waals surface area contributed by atoms with Gasteiger partial charge in [-0.2, -0.15) is 0 Å². The van der Waals surface area contributed by atoms with E-state index in [-0.39, 0.29) is 17.2 Å². The number of nitrogens with one attached hydrogen (secondary N) is 2. The summed E-state index contributed by atoms with van der Waals surface area (Å²) in [5.74, 6) is 0.882. The van der Waals surface area contributed by atoms with E-state index in [1.807, 2.05) is 6.07 Å². The molecule has 5 aromatic carbocycles. The summed E-state index contributed by atoms with van der Waals surface area (Å²) >= 11 is 0. The van der Waals surface area contributed by atoms with Crippen LogP contribution < -0.4 is 15.9 Å². The van der Waals surface area contributed by atoms with Crippen LogP contribution in [-0.2, 0) is 16.2 Å². The number of benzene rings is 5. The van der Waals surface area contributed by atoms with Gasteiger partial charge < -0.3 is 14.7 Å². The van der Waals surface area contributed by atoms with Crippen LogP contribution in [0.1, 0.15) is 5.56 Å². The van der Waals surface area contributed by atoms with Crippen molar-refractivity contribution < 1.29 is 14.3 Å². The largest absolute Gasteiger partial charge is 0.488 e. The summed E-state index contributed by atoms with van der Waals surface area (Å²) in [5.41, 5.74) is 10.8. The number of hydrogen-bond donors (Lipinski definition) is 2. The van der Waals surface area contributed by atoms with Gasteiger partial charge in [0.25, 0.3) is 0 Å². The zero-order chi connectivity index (χ0) is 28.2. The summed E-state index contributed by atoms with van der Waals surface area (Å²) < 4.78 is 6.35. The molecular weight excluding hydrogens is 562 g/mol. The van der Waals surface area contributed by atoms with Crippen LogP contribution in [0, 0.1) is 0 Å². The van der Waals surface area contributed by atoms with Crippen molar-refractivity contribution in [2.45, 2.75) is 6.61 Å². The second-order valence-electron chi connectivity index (χ2n) is 10.2. The highest BCUT2D eigenvalue weighted by Gasteiger charge is 2.21. The summed E-state index contributed by atoms with van der Waals surface area (Å²) in [6, 6.07) is 29.5. The summed E-state index contributed by atoms with van der Waals surface area (Å²) in [5, 5.41) is 4.55. The van der Waals surface area contributed by atoms with Gasteiger partial charge in [-0.3, -0.25) is 9.59 Å². The molecule has 1 aliphatic heterocycles. The number of imidazole rings is 2. The Hall–Kier alpha value is -4.70. The van der Waals surface area contributed by atoms with E-state index in [1.54, 1.807) is 6.20 Å². The van der Waals surface area contributed by atoms with E-state index < -0.39 is 0 Å². The molecule has 1 aliphatic rings. The van der Waals surface area contributed by atoms with Gasteiger partial charge in [0.1, 0.15) is 35.5 Å². The highest BCUT2D eigenvalue weighted by Crippen LogP contribution is 2.43. The van der Waals surface area contributed by atoms with E-state index in [0.29, 0.717) is 17.7 Å². The molecule has 0 saturated carbocycles. The van der Waals surface area contributed by atoms with Crippen molar-refractivity contribution in [3.63, 3.8) is 0 Å². The van der Waals surface area contributed by atoms with Gasteiger partial charge in [0, 0.05) is 33.9 Å². The zero-order valence-electron chi connectivity index (χ0n) is 22.1. The third kappa shape index (κ3) is 4.21. The molecule has 9 heteroatoms. The highest BCUT2D eigenvalue weighted by atomic mass is 31.1. The predicted molar refractivity (Wildman–Crippen MR) is 173 cm³/mol. The monoisotopic (exact) mass is 584 g/mol. The SMILES string of the molecule is O=CPc1ncc(-c2ccc3c4c(ccc3c2)-c2cc3ccc(-c5ccc6nc(PC=O)[nH]c6c5)cc3cc2OC4)[nH]1. The van der Waals surface area contributed by atoms with Gasteiger partial charge in [0.05, 0.1) is 22.9 Å². The van der Waals surface area contributed by atoms with Gasteiger partial charge in [-0.25, -0.2) is 9.97 Å². The molecular formula is C33H22N4O3P2. The Morgan fingerprint density at radius 2 is 1.50 bits per heavy atom. The molecule has 0 bridgehead atoms. The molecule has 0 aliphatic carbocycles. The summed E-state index contributed by atoms with van der Waals surface area (Å²) in [4.78, 5) is 37.1. The predicted octanol–water partition coefficient (Wildman–Crippen LogP) is 6.47. The lowest BCUT2D eigenvalue weighted by atomic mass is 9.90. The van der Waals surface area contributed by atoms with Crippen LogP contribution in [0.5, 0.6) is 5.75 Å². The molecule has 8 rings (SSSR count). The first-order chi connectivity index (χ1) is 20.7. The van der Waals surface area contributed by atoms with Crippen molar-refractivity contribution in [3.8, 4) is 39.3 Å². The Morgan fingerprint density at radius 1 is 0.714 bits per heavy atom. The van der Waals surface area contributed by atoms with E-state index in [2.05, 4.69) is 92.7 Å². The van der Waals surface area contributed by atoms with Crippen molar-refractivity contribution in [2.75, 3.05) is 0 Å². The molecule has 0 fully saturated rings. The van der Waals surface area contributed by atoms with Gasteiger partial charge in [0.2, 0.25) is 0 Å². The maximum absolute atomic E-state index is 10.9. The third-order valence-electron chi connectivity index (χ3n) is 7.83. The van der Waals surface area contributed by atoms with E-state index >= 15 is 0 Å². The fraction of sp³-hybridized carbons (Fsp3) is 0.0303. The van der Waals surface area contributed by atoms with Crippen LogP contribution in [0.15, 0.2) is 85.1 Å². The smallest absolute Gasteiger partial charge is 0.146 e. The van der Waals surface area contributed by atoms with Gasteiger partial charge in [0.15, 0.2) is 0 Å². The molecule has 2 N–H and O–H groups in total. The summed E-state index contributed by atoms with van der Waals surface area (Å²) in [6.45, 7) is 0.499. The number of carbonyl (C=O) groups excluding carboxylic acids is 2. The van der Waals surface area contributed by atoms with Crippen molar-refractivity contribution in [1.82, 2.24) is 19.9 Å². The van der Waals surface area contributed by atoms with E-state index in [4.69, 9.17) is 4.74 Å². The van der Waals surface area contributed by atoms with Crippen LogP contribution >= 0.6 is 17.2 Å². The van der Waals surface area contributed by atoms with Crippen LogP contribution in [-0.4, -0.2) is 32.0 Å². The number of hydrogen-bond acceptors (Lipinski definition) is 5. The lowest BCUT2D eigenvalue weighted by Crippen LogP contribution is -2.06. The first kappa shape index (κ1) is 25.0. The standard InChI is InChI=1S/C33H22N4O3P2/c38-16-41-32-34-14-30(37-32)22-4-6-24-21(10-22)3-7-25-26-11-19-2-1-18(9-23(19)13-31(26)40-15-27(24)25)20-5-8-28-29(12-20)36-33(35-28)42-17-39/h1-14,16-17,41-42H,15H2,(H,34,37)(H,35,36). The van der Waals surface area contributed by atoms with Crippen molar-refractivity contribution in [3.05, 3.63) is 90.6 Å². The minimum atomic E-state index is 0.0243. The third-order valence-corrected chi connectivity index (χ3v) is 9.10. The molecule has 0 saturated heterocycles. The number of fused-ring (bicyclic) bond motifs is 7. The quantitative estimate of drug-likeness (QED) is 0.172. The first-order valence-electron chi connectivity index (χ1n) is 13.4. The number of nitrogens with zero attached hydrogens (tertiary/aromatic N) is 2. The number of carbonyl (C=O) groups is 2. The van der Waals surface area contributed by atoms with Crippen LogP contribution in [0.3, 0.4) is 0 Å². The van der Waals surface area contributed by atoms with Crippen LogP contribution in [0.2, 0.25) is 0 Å². The van der Waals surface area contributed by atoms with Crippen LogP contribution in [0.25, 0.3) is 66.1 Å². The van der Waals surface area contributed by atoms with Gasteiger partial charge in [-0.05, 0) is 74.6 Å². The molecule has 3 heterocycles. The average molecular weight is 585 g/mol. The zero-order valence-corrected chi connectivity index (χ0v) is 24.1. The Balaban J connectivity index is 1.15. The summed E-state index contributed by atoms with van der Waals surface area (Å²) in [7, 11) is 0.0494. The first-order valence-corrected chi connectivity index (χ1v) is 15.5.